The summed E-state index contributed by atoms with van der Waals surface area (Å²) in [6, 6.07) is 1.24. The molecule has 1 heterocycles. The van der Waals surface area contributed by atoms with Crippen molar-refractivity contribution in [2.75, 3.05) is 11.9 Å². The Balaban J connectivity index is 2.29. The van der Waals surface area contributed by atoms with E-state index in [1.54, 1.807) is 32.4 Å². The van der Waals surface area contributed by atoms with Crippen molar-refractivity contribution in [3.05, 3.63) is 29.1 Å². The molecule has 0 saturated carbocycles. The molecule has 1 aromatic rings. The van der Waals surface area contributed by atoms with E-state index in [1.165, 1.54) is 12.1 Å². The third kappa shape index (κ3) is 6.08. The molecule has 7 nitrogen and oxygen atoms in total. The lowest BCUT2D eigenvalue weighted by Gasteiger charge is -2.26. The molecule has 2 N–H and O–H groups in total. The van der Waals surface area contributed by atoms with Crippen LogP contribution in [-0.4, -0.2) is 43.4 Å². The summed E-state index contributed by atoms with van der Waals surface area (Å²) >= 11 is 0. The number of likely N-dealkylation sites (tertiary alicyclic amines) is 1. The monoisotopic (exact) mass is 467 g/mol. The van der Waals surface area contributed by atoms with Gasteiger partial charge in [-0.15, -0.1) is 0 Å². The summed E-state index contributed by atoms with van der Waals surface area (Å²) in [7, 11) is -4.64. The summed E-state index contributed by atoms with van der Waals surface area (Å²) in [5.74, 6) is -1.90. The Morgan fingerprint density at radius 1 is 1.16 bits per heavy atom. The minimum Gasteiger partial charge on any atom is -0.315 e. The summed E-state index contributed by atoms with van der Waals surface area (Å²) in [5, 5.41) is 0.577. The van der Waals surface area contributed by atoms with E-state index in [4.69, 9.17) is 0 Å². The second-order valence-corrected chi connectivity index (χ2v) is 9.84. The van der Waals surface area contributed by atoms with Crippen molar-refractivity contribution in [1.82, 2.24) is 9.62 Å². The number of sulfonamides is 1. The molecule has 1 fully saturated rings. The van der Waals surface area contributed by atoms with E-state index in [0.717, 1.165) is 0 Å². The topological polar surface area (TPSA) is 95.6 Å². The normalized spacial score (nSPS) is 17.5. The Hall–Kier alpha value is -2.37. The van der Waals surface area contributed by atoms with Crippen LogP contribution < -0.4 is 10.0 Å². The maximum absolute atomic E-state index is 14.0. The van der Waals surface area contributed by atoms with Gasteiger partial charge < -0.3 is 10.2 Å². The molecule has 1 atom stereocenters. The Bertz CT molecular complexity index is 932. The fourth-order valence-corrected chi connectivity index (χ4v) is 4.85. The van der Waals surface area contributed by atoms with Gasteiger partial charge in [-0.2, -0.15) is 13.2 Å². The van der Waals surface area contributed by atoms with Gasteiger partial charge in [0.15, 0.2) is 5.37 Å². The minimum absolute atomic E-state index is 0.201. The van der Waals surface area contributed by atoms with E-state index in [0.29, 0.717) is 11.1 Å². The van der Waals surface area contributed by atoms with Gasteiger partial charge in [0, 0.05) is 12.1 Å². The molecule has 1 unspecified atom stereocenters. The predicted molar refractivity (Wildman–Crippen MR) is 106 cm³/mol. The number of benzene rings is 1. The van der Waals surface area contributed by atoms with Gasteiger partial charge in [0.1, 0.15) is 12.4 Å². The summed E-state index contributed by atoms with van der Waals surface area (Å²) < 4.78 is 79.1. The second kappa shape index (κ2) is 9.01. The van der Waals surface area contributed by atoms with E-state index in [-0.39, 0.29) is 35.3 Å². The summed E-state index contributed by atoms with van der Waals surface area (Å²) in [6.45, 7) is 5.32. The molecule has 0 aromatic heterocycles. The first-order valence-corrected chi connectivity index (χ1v) is 11.2. The number of amides is 3. The summed E-state index contributed by atoms with van der Waals surface area (Å²) in [5.41, 5.74) is 1.10. The highest BCUT2D eigenvalue weighted by Gasteiger charge is 2.45. The van der Waals surface area contributed by atoms with Crippen molar-refractivity contribution in [3.8, 4) is 0 Å². The van der Waals surface area contributed by atoms with Crippen LogP contribution in [0.3, 0.4) is 0 Å². The third-order valence-electron chi connectivity index (χ3n) is 4.86. The number of nitrogens with one attached hydrogen (secondary N) is 2. The largest absolute Gasteiger partial charge is 0.406 e. The van der Waals surface area contributed by atoms with E-state index in [1.807, 2.05) is 0 Å². The Labute approximate surface area is 178 Å². The maximum atomic E-state index is 14.0. The highest BCUT2D eigenvalue weighted by atomic mass is 32.2. The molecular weight excluding hydrogens is 442 g/mol. The summed E-state index contributed by atoms with van der Waals surface area (Å²) in [6.07, 6.45) is -5.54. The van der Waals surface area contributed by atoms with Gasteiger partial charge in [0.05, 0.1) is 0 Å². The van der Waals surface area contributed by atoms with Crippen LogP contribution in [0, 0.1) is 5.82 Å². The first kappa shape index (κ1) is 24.9. The number of halogens is 4. The zero-order valence-corrected chi connectivity index (χ0v) is 18.3. The number of alkyl halides is 3. The summed E-state index contributed by atoms with van der Waals surface area (Å²) in [4.78, 5) is 24.4. The van der Waals surface area contributed by atoms with Gasteiger partial charge >= 0.3 is 12.2 Å². The molecule has 12 heteroatoms. The maximum Gasteiger partial charge on any atom is 0.406 e. The molecule has 31 heavy (non-hydrogen) atoms. The van der Waals surface area contributed by atoms with Gasteiger partial charge in [0.2, 0.25) is 5.91 Å². The van der Waals surface area contributed by atoms with Crippen molar-refractivity contribution in [3.63, 3.8) is 0 Å². The van der Waals surface area contributed by atoms with E-state index >= 15 is 0 Å². The molecule has 2 rings (SSSR count). The number of hydrogen-bond acceptors (Lipinski definition) is 4. The molecule has 1 aliphatic rings. The van der Waals surface area contributed by atoms with Crippen LogP contribution in [0.4, 0.5) is 28.0 Å². The van der Waals surface area contributed by atoms with Gasteiger partial charge in [-0.1, -0.05) is 27.7 Å². The van der Waals surface area contributed by atoms with Crippen LogP contribution in [-0.2, 0) is 14.8 Å². The Kier molecular flexibility index (Phi) is 7.24. The van der Waals surface area contributed by atoms with Crippen LogP contribution in [0.1, 0.15) is 63.5 Å². The van der Waals surface area contributed by atoms with Crippen molar-refractivity contribution in [2.45, 2.75) is 63.9 Å². The molecular formula is C19H25F4N3O4S. The second-order valence-electron chi connectivity index (χ2n) is 8.00. The van der Waals surface area contributed by atoms with Gasteiger partial charge in [-0.3, -0.25) is 4.79 Å². The van der Waals surface area contributed by atoms with E-state index < -0.39 is 45.9 Å². The van der Waals surface area contributed by atoms with Crippen LogP contribution >= 0.6 is 0 Å². The van der Waals surface area contributed by atoms with Crippen molar-refractivity contribution >= 4 is 27.6 Å². The SMILES string of the molecule is CC(C)c1cc(F)cc(C(C)C)c1NC(=O)NS(=O)(=O)C1CCC(=O)N1CC(F)(F)F. The first-order valence-electron chi connectivity index (χ1n) is 9.64. The number of carbonyl (C=O) groups excluding carboxylic acids is 2. The molecule has 3 amide bonds. The zero-order chi connectivity index (χ0) is 23.7. The standard InChI is InChI=1S/C19H25F4N3O4S/c1-10(2)13-7-12(20)8-14(11(3)4)17(13)24-18(28)25-31(29,30)16-6-5-15(27)26(16)9-19(21,22)23/h7-8,10-11,16H,5-6,9H2,1-4H3,(H2,24,25,28). The highest BCUT2D eigenvalue weighted by Crippen LogP contribution is 2.34. The Morgan fingerprint density at radius 3 is 2.13 bits per heavy atom. The molecule has 0 radical (unpaired) electrons. The lowest BCUT2D eigenvalue weighted by atomic mass is 9.92. The number of carbonyl (C=O) groups is 2. The van der Waals surface area contributed by atoms with Crippen molar-refractivity contribution < 1.29 is 35.6 Å². The molecule has 1 aliphatic heterocycles. The number of nitrogens with zero attached hydrogens (tertiary/aromatic N) is 1. The fraction of sp³-hybridized carbons (Fsp3) is 0.579. The lowest BCUT2D eigenvalue weighted by Crippen LogP contribution is -2.49. The molecule has 1 aromatic carbocycles. The molecule has 0 spiro atoms. The van der Waals surface area contributed by atoms with E-state index in [9.17, 15) is 35.6 Å². The van der Waals surface area contributed by atoms with Gasteiger partial charge in [0.25, 0.3) is 10.0 Å². The van der Waals surface area contributed by atoms with E-state index in [2.05, 4.69) is 5.32 Å². The number of urea groups is 1. The van der Waals surface area contributed by atoms with Gasteiger partial charge in [-0.05, 0) is 41.5 Å². The molecule has 174 valence electrons. The Morgan fingerprint density at radius 2 is 1.68 bits per heavy atom. The van der Waals surface area contributed by atoms with Crippen molar-refractivity contribution in [1.29, 1.82) is 0 Å². The first-order chi connectivity index (χ1) is 14.1. The molecule has 0 bridgehead atoms. The number of rotatable bonds is 6. The third-order valence-corrected chi connectivity index (χ3v) is 6.54. The van der Waals surface area contributed by atoms with Crippen molar-refractivity contribution in [2.24, 2.45) is 0 Å². The quantitative estimate of drug-likeness (QED) is 0.618. The van der Waals surface area contributed by atoms with Crippen LogP contribution in [0.5, 0.6) is 0 Å². The average molecular weight is 467 g/mol. The van der Waals surface area contributed by atoms with Crippen LogP contribution in [0.25, 0.3) is 0 Å². The highest BCUT2D eigenvalue weighted by molar-refractivity contribution is 7.90. The van der Waals surface area contributed by atoms with Crippen LogP contribution in [0.2, 0.25) is 0 Å². The average Bonchev–Trinajstić information content (AvgIpc) is 2.94. The predicted octanol–water partition coefficient (Wildman–Crippen LogP) is 4.03. The number of anilines is 1. The molecule has 1 saturated heterocycles. The smallest absolute Gasteiger partial charge is 0.315 e. The number of hydrogen-bond donors (Lipinski definition) is 2. The molecule has 0 aliphatic carbocycles. The van der Waals surface area contributed by atoms with Gasteiger partial charge in [-0.25, -0.2) is 22.3 Å². The zero-order valence-electron chi connectivity index (χ0n) is 17.5. The fourth-order valence-electron chi connectivity index (χ4n) is 3.45. The van der Waals surface area contributed by atoms with Crippen LogP contribution in [0.15, 0.2) is 12.1 Å². The lowest BCUT2D eigenvalue weighted by molar-refractivity contribution is -0.158. The minimum atomic E-state index is -4.79.